The number of benzene rings is 1. The van der Waals surface area contributed by atoms with Crippen molar-refractivity contribution in [3.05, 3.63) is 52.5 Å². The average Bonchev–Trinajstić information content (AvgIpc) is 3.20. The van der Waals surface area contributed by atoms with E-state index in [0.717, 1.165) is 16.5 Å². The molecule has 4 rings (SSSR count). The zero-order chi connectivity index (χ0) is 22.8. The van der Waals surface area contributed by atoms with Crippen LogP contribution in [-0.2, 0) is 20.9 Å². The van der Waals surface area contributed by atoms with Crippen molar-refractivity contribution < 1.29 is 19.1 Å². The smallest absolute Gasteiger partial charge is 0.273 e. The first-order chi connectivity index (χ1) is 15.4. The highest BCUT2D eigenvalue weighted by Gasteiger charge is 2.41. The Morgan fingerprint density at radius 1 is 1.31 bits per heavy atom. The van der Waals surface area contributed by atoms with Crippen molar-refractivity contribution in [2.45, 2.75) is 25.7 Å². The van der Waals surface area contributed by atoms with Crippen LogP contribution in [0, 0.1) is 0 Å². The highest BCUT2D eigenvalue weighted by molar-refractivity contribution is 7.17. The number of carbonyl (C=O) groups is 2. The molecule has 168 valence electrons. The van der Waals surface area contributed by atoms with Gasteiger partial charge in [-0.2, -0.15) is 0 Å². The lowest BCUT2D eigenvalue weighted by molar-refractivity contribution is -0.177. The van der Waals surface area contributed by atoms with Crippen molar-refractivity contribution in [2.24, 2.45) is 0 Å². The second kappa shape index (κ2) is 9.32. The number of pyridine rings is 1. The maximum Gasteiger partial charge on any atom is 0.273 e. The largest absolute Gasteiger partial charge is 0.474 e. The molecule has 2 N–H and O–H groups in total. The quantitative estimate of drug-likeness (QED) is 0.589. The van der Waals surface area contributed by atoms with Gasteiger partial charge in [0.2, 0.25) is 6.23 Å². The Bertz CT molecular complexity index is 1150. The Morgan fingerprint density at radius 3 is 2.84 bits per heavy atom. The lowest BCUT2D eigenvalue weighted by Gasteiger charge is -2.43. The number of fused-ring (bicyclic) bond motifs is 1. The van der Waals surface area contributed by atoms with E-state index >= 15 is 0 Å². The summed E-state index contributed by atoms with van der Waals surface area (Å²) in [6.07, 6.45) is 0.649. The third kappa shape index (κ3) is 4.50. The molecule has 1 fully saturated rings. The minimum Gasteiger partial charge on any atom is -0.474 e. The molecule has 2 amide bonds. The highest BCUT2D eigenvalue weighted by Crippen LogP contribution is 2.28. The van der Waals surface area contributed by atoms with E-state index in [4.69, 9.17) is 26.8 Å². The number of anilines is 1. The van der Waals surface area contributed by atoms with E-state index in [0.29, 0.717) is 28.2 Å². The average molecular weight is 475 g/mol. The second-order valence-electron chi connectivity index (χ2n) is 7.55. The molecule has 0 spiro atoms. The molecule has 1 aromatic carbocycles. The number of aromatic nitrogens is 1. The Morgan fingerprint density at radius 2 is 2.12 bits per heavy atom. The zero-order valence-corrected chi connectivity index (χ0v) is 19.2. The first-order valence-electron chi connectivity index (χ1n) is 10.0. The number of nitrogens with zero attached hydrogens (tertiary/aromatic N) is 3. The summed E-state index contributed by atoms with van der Waals surface area (Å²) in [5.74, 6) is -0.606. The van der Waals surface area contributed by atoms with E-state index in [9.17, 15) is 9.59 Å². The van der Waals surface area contributed by atoms with Gasteiger partial charge in [0, 0.05) is 43.5 Å². The lowest BCUT2D eigenvalue weighted by atomic mass is 10.1. The van der Waals surface area contributed by atoms with E-state index in [1.807, 2.05) is 25.1 Å². The summed E-state index contributed by atoms with van der Waals surface area (Å²) in [6.45, 7) is 2.41. The molecule has 2 atom stereocenters. The van der Waals surface area contributed by atoms with E-state index in [-0.39, 0.29) is 24.5 Å². The van der Waals surface area contributed by atoms with Gasteiger partial charge in [0.05, 0.1) is 9.85 Å². The van der Waals surface area contributed by atoms with Crippen LogP contribution in [-0.4, -0.2) is 59.1 Å². The number of piperazine rings is 1. The molecule has 0 bridgehead atoms. The minimum atomic E-state index is -1.01. The normalized spacial score (nSPS) is 18.9. The van der Waals surface area contributed by atoms with Crippen molar-refractivity contribution >= 4 is 51.3 Å². The summed E-state index contributed by atoms with van der Waals surface area (Å²) in [5, 5.41) is 1.41. The summed E-state index contributed by atoms with van der Waals surface area (Å²) >= 11 is 7.13. The fourth-order valence-corrected chi connectivity index (χ4v) is 4.64. The third-order valence-corrected chi connectivity index (χ3v) is 6.54. The van der Waals surface area contributed by atoms with Crippen LogP contribution in [0.25, 0.3) is 10.9 Å². The predicted octanol–water partition coefficient (Wildman–Crippen LogP) is 3.14. The number of methoxy groups -OCH3 is 1. The summed E-state index contributed by atoms with van der Waals surface area (Å²) in [7, 11) is 1.42. The Balaban J connectivity index is 1.47. The molecular formula is C22H23ClN4O4S. The fraction of sp³-hybridized carbons (Fsp3) is 0.318. The number of rotatable bonds is 6. The monoisotopic (exact) mass is 474 g/mol. The van der Waals surface area contributed by atoms with Crippen LogP contribution < -0.4 is 10.5 Å². The molecule has 0 radical (unpaired) electrons. The lowest BCUT2D eigenvalue weighted by Crippen LogP contribution is -2.63. The van der Waals surface area contributed by atoms with Crippen LogP contribution in [0.5, 0.6) is 5.06 Å². The minimum absolute atomic E-state index is 0.200. The standard InChI is InChI=1S/C22H23ClN4O4S/c1-13-10-27(19(28)12-31-20-6-5-18(23)32-20)22(30-2)21(29)26(13)11-14-3-4-15-16(24)7-8-25-17(15)9-14/h3-9,13,22H,10-12H2,1-2H3,(H2,24,25)/t13?,22-/m0/s1. The molecule has 10 heteroatoms. The van der Waals surface area contributed by atoms with Gasteiger partial charge in [-0.1, -0.05) is 35.1 Å². The number of ether oxygens (including phenoxy) is 2. The van der Waals surface area contributed by atoms with E-state index < -0.39 is 6.23 Å². The molecule has 1 saturated heterocycles. The Labute approximate surface area is 194 Å². The van der Waals surface area contributed by atoms with Crippen LogP contribution in [0.1, 0.15) is 12.5 Å². The fourth-order valence-electron chi connectivity index (χ4n) is 3.77. The van der Waals surface area contributed by atoms with E-state index in [2.05, 4.69) is 4.98 Å². The number of carbonyl (C=O) groups excluding carboxylic acids is 2. The first kappa shape index (κ1) is 22.3. The number of halogens is 1. The molecule has 0 aliphatic carbocycles. The van der Waals surface area contributed by atoms with Gasteiger partial charge in [-0.15, -0.1) is 0 Å². The van der Waals surface area contributed by atoms with Crippen molar-refractivity contribution in [1.82, 2.24) is 14.8 Å². The number of nitrogen functional groups attached to an aromatic ring is 1. The van der Waals surface area contributed by atoms with Gasteiger partial charge in [-0.25, -0.2) is 0 Å². The Hall–Kier alpha value is -2.88. The SMILES string of the molecule is CO[C@H]1C(=O)N(Cc2ccc3c(N)ccnc3c2)C(C)CN1C(=O)COc1ccc(Cl)s1. The van der Waals surface area contributed by atoms with E-state index in [1.165, 1.54) is 23.3 Å². The molecule has 2 aromatic heterocycles. The van der Waals surface area contributed by atoms with Crippen molar-refractivity contribution in [3.63, 3.8) is 0 Å². The summed E-state index contributed by atoms with van der Waals surface area (Å²) in [4.78, 5) is 33.5. The number of nitrogens with two attached hydrogens (primary N) is 1. The third-order valence-electron chi connectivity index (χ3n) is 5.39. The molecule has 32 heavy (non-hydrogen) atoms. The Kier molecular flexibility index (Phi) is 6.50. The number of hydrogen-bond donors (Lipinski definition) is 1. The zero-order valence-electron chi connectivity index (χ0n) is 17.7. The number of hydrogen-bond acceptors (Lipinski definition) is 7. The molecule has 1 aliphatic heterocycles. The van der Waals surface area contributed by atoms with Crippen molar-refractivity contribution in [2.75, 3.05) is 26.0 Å². The highest BCUT2D eigenvalue weighted by atomic mass is 35.5. The van der Waals surface area contributed by atoms with Crippen LogP contribution in [0.2, 0.25) is 4.34 Å². The second-order valence-corrected chi connectivity index (χ2v) is 9.23. The van der Waals surface area contributed by atoms with Gasteiger partial charge in [-0.3, -0.25) is 14.6 Å². The molecule has 1 unspecified atom stereocenters. The number of thiophene rings is 1. The summed E-state index contributed by atoms with van der Waals surface area (Å²) in [6, 6.07) is 10.7. The molecule has 3 aromatic rings. The summed E-state index contributed by atoms with van der Waals surface area (Å²) < 4.78 is 11.5. The van der Waals surface area contributed by atoms with Crippen LogP contribution in [0.4, 0.5) is 5.69 Å². The number of amides is 2. The van der Waals surface area contributed by atoms with E-state index in [1.54, 1.807) is 29.3 Å². The topological polar surface area (TPSA) is 98.0 Å². The van der Waals surface area contributed by atoms with Crippen LogP contribution in [0.15, 0.2) is 42.6 Å². The van der Waals surface area contributed by atoms with Gasteiger partial charge < -0.3 is 25.0 Å². The summed E-state index contributed by atoms with van der Waals surface area (Å²) in [5.41, 5.74) is 8.35. The van der Waals surface area contributed by atoms with Gasteiger partial charge in [0.15, 0.2) is 11.7 Å². The molecule has 3 heterocycles. The predicted molar refractivity (Wildman–Crippen MR) is 124 cm³/mol. The van der Waals surface area contributed by atoms with Crippen molar-refractivity contribution in [1.29, 1.82) is 0 Å². The van der Waals surface area contributed by atoms with Gasteiger partial charge >= 0.3 is 0 Å². The van der Waals surface area contributed by atoms with Crippen LogP contribution in [0.3, 0.4) is 0 Å². The first-order valence-corrected chi connectivity index (χ1v) is 11.2. The molecule has 1 aliphatic rings. The maximum atomic E-state index is 13.2. The maximum absolute atomic E-state index is 13.2. The van der Waals surface area contributed by atoms with Crippen LogP contribution >= 0.6 is 22.9 Å². The van der Waals surface area contributed by atoms with Gasteiger partial charge in [0.1, 0.15) is 0 Å². The molecule has 8 nitrogen and oxygen atoms in total. The molecular weight excluding hydrogens is 452 g/mol. The van der Waals surface area contributed by atoms with Gasteiger partial charge in [-0.05, 0) is 36.8 Å². The van der Waals surface area contributed by atoms with Gasteiger partial charge in [0.25, 0.3) is 11.8 Å². The molecule has 0 saturated carbocycles. The van der Waals surface area contributed by atoms with Crippen molar-refractivity contribution in [3.8, 4) is 5.06 Å².